The van der Waals surface area contributed by atoms with Crippen molar-refractivity contribution in [2.45, 2.75) is 208 Å². The van der Waals surface area contributed by atoms with Crippen LogP contribution in [0.2, 0.25) is 0 Å². The van der Waals surface area contributed by atoms with E-state index in [1.54, 1.807) is 119 Å². The Kier molecular flexibility index (Phi) is 36.4. The van der Waals surface area contributed by atoms with Gasteiger partial charge in [0.15, 0.2) is 0 Å². The van der Waals surface area contributed by atoms with Gasteiger partial charge in [-0.15, -0.1) is 0 Å². The van der Waals surface area contributed by atoms with Crippen molar-refractivity contribution in [3.05, 3.63) is 70.8 Å². The average molecular weight is 1160 g/mol. The van der Waals surface area contributed by atoms with Gasteiger partial charge in [0.25, 0.3) is 7.82 Å². The SMILES string of the molecule is C1CCOC1.CC(C)(C)OP(=O)([O-])OC(C)(C)C.CCCC[N+](CCCC)(CCCC)CCCC.COC(=O)c1ccc(CI)cc1.COC(=O)c1ccc(COP(=O)(OC(C)(C)C)OC(C)(C)C)cc1. The molecule has 0 atom stereocenters. The summed E-state index contributed by atoms with van der Waals surface area (Å²) >= 11 is 2.28. The molecule has 1 saturated heterocycles. The minimum Gasteiger partial charge on any atom is -0.756 e. The van der Waals surface area contributed by atoms with Crippen molar-refractivity contribution in [1.29, 1.82) is 0 Å². The molecule has 71 heavy (non-hydrogen) atoms. The van der Waals surface area contributed by atoms with Crippen LogP contribution >= 0.6 is 38.2 Å². The molecule has 14 nitrogen and oxygen atoms in total. The van der Waals surface area contributed by atoms with Crippen molar-refractivity contribution >= 4 is 50.2 Å². The first-order chi connectivity index (χ1) is 32.8. The lowest BCUT2D eigenvalue weighted by Gasteiger charge is -2.39. The van der Waals surface area contributed by atoms with Gasteiger partial charge in [0.1, 0.15) is 0 Å². The number of benzene rings is 2. The minimum atomic E-state index is -4.19. The topological polar surface area (TPSA) is 165 Å². The van der Waals surface area contributed by atoms with Crippen LogP contribution in [0.5, 0.6) is 0 Å². The second-order valence-corrected chi connectivity index (χ2v) is 25.0. The van der Waals surface area contributed by atoms with Crippen molar-refractivity contribution in [2.24, 2.45) is 0 Å². The van der Waals surface area contributed by atoms with E-state index in [-0.39, 0.29) is 12.6 Å². The number of rotatable bonds is 22. The Morgan fingerprint density at radius 1 is 0.563 bits per heavy atom. The first-order valence-corrected chi connectivity index (χ1v) is 29.9. The van der Waals surface area contributed by atoms with Crippen molar-refractivity contribution in [3.8, 4) is 0 Å². The van der Waals surface area contributed by atoms with Crippen molar-refractivity contribution in [3.63, 3.8) is 0 Å². The maximum atomic E-state index is 12.9. The molecule has 0 aliphatic carbocycles. The third-order valence-electron chi connectivity index (χ3n) is 9.61. The molecule has 0 unspecified atom stereocenters. The normalized spacial score (nSPS) is 13.2. The standard InChI is InChI=1S/C17H27O6P.C16H36N.C9H9IO2.C8H19O4P.C4H8O/c1-16(2,3)22-24(19,23-17(4,5)6)21-12-13-8-10-14(11-9-13)15(18)20-7;1-5-9-13-17(14-10-6-2,15-11-7-3)16-12-8-4;1-12-9(11)8-4-2-7(6-10)3-5-8;1-7(2,3)11-13(9,10)12-8(4,5)6;1-2-4-5-3-1/h8-11H,12H2,1-7H3;5-16H2,1-4H3;2-5H,6H2,1H3;1-6H3,(H,9,10);1-4H2/q;+1;;;/p-1. The summed E-state index contributed by atoms with van der Waals surface area (Å²) in [6.07, 6.45) is 13.6. The average Bonchev–Trinajstić information content (AvgIpc) is 3.86. The fourth-order valence-electron chi connectivity index (χ4n) is 6.44. The van der Waals surface area contributed by atoms with Gasteiger partial charge in [-0.2, -0.15) is 0 Å². The fourth-order valence-corrected chi connectivity index (χ4v) is 10.1. The van der Waals surface area contributed by atoms with Crippen LogP contribution in [0.3, 0.4) is 0 Å². The van der Waals surface area contributed by atoms with E-state index >= 15 is 0 Å². The summed E-state index contributed by atoms with van der Waals surface area (Å²) < 4.78 is 66.8. The molecule has 0 amide bonds. The lowest BCUT2D eigenvalue weighted by Crippen LogP contribution is -2.50. The predicted octanol–water partition coefficient (Wildman–Crippen LogP) is 15.0. The lowest BCUT2D eigenvalue weighted by atomic mass is 10.1. The van der Waals surface area contributed by atoms with Gasteiger partial charge in [0.05, 0.1) is 80.5 Å². The van der Waals surface area contributed by atoms with Gasteiger partial charge in [-0.3, -0.25) is 18.1 Å². The molecule has 0 aromatic heterocycles. The Balaban J connectivity index is 0. The van der Waals surface area contributed by atoms with E-state index in [1.807, 2.05) is 12.1 Å². The molecule has 1 heterocycles. The van der Waals surface area contributed by atoms with Crippen molar-refractivity contribution in [1.82, 2.24) is 0 Å². The second kappa shape index (κ2) is 36.3. The highest BCUT2D eigenvalue weighted by Crippen LogP contribution is 2.56. The summed E-state index contributed by atoms with van der Waals surface area (Å²) in [5.41, 5.74) is 0.115. The van der Waals surface area contributed by atoms with E-state index < -0.39 is 44.0 Å². The summed E-state index contributed by atoms with van der Waals surface area (Å²) in [5, 5.41) is 0. The van der Waals surface area contributed by atoms with Crippen molar-refractivity contribution in [2.75, 3.05) is 53.6 Å². The Bertz CT molecular complexity index is 1710. The molecule has 1 fully saturated rings. The number of halogens is 1. The van der Waals surface area contributed by atoms with E-state index in [0.717, 1.165) is 23.2 Å². The number of phosphoric ester groups is 2. The van der Waals surface area contributed by atoms with Gasteiger partial charge in [-0.05, 0) is 157 Å². The largest absolute Gasteiger partial charge is 0.756 e. The lowest BCUT2D eigenvalue weighted by molar-refractivity contribution is -0.929. The molecule has 0 saturated carbocycles. The quantitative estimate of drug-likeness (QED) is 0.0360. The molecule has 0 radical (unpaired) electrons. The van der Waals surface area contributed by atoms with Crippen LogP contribution < -0.4 is 4.89 Å². The van der Waals surface area contributed by atoms with E-state index in [2.05, 4.69) is 59.8 Å². The summed E-state index contributed by atoms with van der Waals surface area (Å²) in [6.45, 7) is 37.7. The number of ether oxygens (including phenoxy) is 3. The van der Waals surface area contributed by atoms with Crippen LogP contribution in [0.25, 0.3) is 0 Å². The van der Waals surface area contributed by atoms with Crippen LogP contribution in [0.1, 0.15) is 207 Å². The number of carbonyl (C=O) groups excluding carboxylic acids is 2. The number of unbranched alkanes of at least 4 members (excludes halogenated alkanes) is 4. The molecule has 1 aliphatic rings. The number of methoxy groups -OCH3 is 2. The van der Waals surface area contributed by atoms with Crippen LogP contribution in [0.4, 0.5) is 0 Å². The van der Waals surface area contributed by atoms with E-state index in [4.69, 9.17) is 27.4 Å². The highest BCUT2D eigenvalue weighted by atomic mass is 127. The zero-order valence-corrected chi connectivity index (χ0v) is 51.3. The summed E-state index contributed by atoms with van der Waals surface area (Å²) in [6, 6.07) is 14.0. The van der Waals surface area contributed by atoms with Crippen LogP contribution in [-0.2, 0) is 57.0 Å². The van der Waals surface area contributed by atoms with Gasteiger partial charge in [-0.25, -0.2) is 14.2 Å². The minimum absolute atomic E-state index is 0.0326. The molecule has 3 rings (SSSR count). The van der Waals surface area contributed by atoms with Crippen LogP contribution in [-0.4, -0.2) is 92.4 Å². The maximum Gasteiger partial charge on any atom is 0.476 e. The number of quaternary nitrogens is 1. The predicted molar refractivity (Wildman–Crippen MR) is 296 cm³/mol. The van der Waals surface area contributed by atoms with E-state index in [0.29, 0.717) is 11.1 Å². The highest BCUT2D eigenvalue weighted by Gasteiger charge is 2.37. The molecule has 2 aromatic rings. The zero-order chi connectivity index (χ0) is 55.0. The first-order valence-electron chi connectivity index (χ1n) is 25.5. The first kappa shape index (κ1) is 71.3. The molecule has 0 spiro atoms. The number of alkyl halides is 1. The number of nitrogens with zero attached hydrogens (tertiary/aromatic N) is 1. The summed E-state index contributed by atoms with van der Waals surface area (Å²) in [5.74, 6) is -0.699. The summed E-state index contributed by atoms with van der Waals surface area (Å²) in [7, 11) is -5.24. The molecular weight excluding hydrogens is 1060 g/mol. The van der Waals surface area contributed by atoms with Gasteiger partial charge >= 0.3 is 19.8 Å². The van der Waals surface area contributed by atoms with Gasteiger partial charge in [0, 0.05) is 17.6 Å². The molecule has 2 aromatic carbocycles. The van der Waals surface area contributed by atoms with Gasteiger partial charge in [-0.1, -0.05) is 100 Å². The third kappa shape index (κ3) is 39.3. The van der Waals surface area contributed by atoms with E-state index in [9.17, 15) is 23.6 Å². The van der Waals surface area contributed by atoms with Crippen LogP contribution in [0.15, 0.2) is 48.5 Å². The summed E-state index contributed by atoms with van der Waals surface area (Å²) in [4.78, 5) is 33.7. The van der Waals surface area contributed by atoms with Gasteiger partial charge in [0.2, 0.25) is 0 Å². The number of hydrogen-bond acceptors (Lipinski definition) is 13. The molecule has 1 aliphatic heterocycles. The Morgan fingerprint density at radius 3 is 1.11 bits per heavy atom. The number of esters is 2. The van der Waals surface area contributed by atoms with E-state index in [1.165, 1.54) is 115 Å². The number of carbonyl (C=O) groups is 2. The third-order valence-corrected chi connectivity index (χ3v) is 14.0. The van der Waals surface area contributed by atoms with Crippen molar-refractivity contribution < 1.29 is 64.9 Å². The molecule has 414 valence electrons. The molecule has 17 heteroatoms. The van der Waals surface area contributed by atoms with Gasteiger partial charge < -0.3 is 32.6 Å². The molecule has 0 bridgehead atoms. The van der Waals surface area contributed by atoms with Crippen LogP contribution in [0, 0.1) is 0 Å². The Hall–Kier alpha value is -1.75. The maximum absolute atomic E-state index is 12.9. The Labute approximate surface area is 445 Å². The number of phosphoric acid groups is 2. The second-order valence-electron chi connectivity index (χ2n) is 21.5. The number of hydrogen-bond donors (Lipinski definition) is 0. The zero-order valence-electron chi connectivity index (χ0n) is 47.4. The Morgan fingerprint density at radius 2 is 0.873 bits per heavy atom. The molecule has 0 N–H and O–H groups in total. The molecular formula is C54H98INO13P2. The monoisotopic (exact) mass is 1160 g/mol. The smallest absolute Gasteiger partial charge is 0.476 e. The highest BCUT2D eigenvalue weighted by molar-refractivity contribution is 14.1. The fraction of sp³-hybridized carbons (Fsp3) is 0.741.